The zero-order valence-electron chi connectivity index (χ0n) is 16.9. The maximum Gasteiger partial charge on any atom is 0.310 e. The van der Waals surface area contributed by atoms with Gasteiger partial charge in [0, 0.05) is 17.6 Å². The highest BCUT2D eigenvalue weighted by Gasteiger charge is 2.24. The number of hydrogen-bond donors (Lipinski definition) is 0. The average molecular weight is 482 g/mol. The van der Waals surface area contributed by atoms with Crippen molar-refractivity contribution in [2.24, 2.45) is 0 Å². The van der Waals surface area contributed by atoms with Gasteiger partial charge in [0.05, 0.1) is 30.1 Å². The molecule has 2 aromatic carbocycles. The number of aromatic nitrogens is 4. The Morgan fingerprint density at radius 3 is 2.71 bits per heavy atom. The number of esters is 1. The first-order valence-corrected chi connectivity index (χ1v) is 10.9. The number of fused-ring (bicyclic) bond motifs is 3. The molecule has 0 unspecified atom stereocenters. The third-order valence-electron chi connectivity index (χ3n) is 5.58. The molecule has 9 heteroatoms. The average Bonchev–Trinajstić information content (AvgIpc) is 3.42. The normalized spacial score (nSPS) is 13.9. The van der Waals surface area contributed by atoms with E-state index in [1.807, 2.05) is 40.8 Å². The van der Waals surface area contributed by atoms with Crippen LogP contribution in [0.2, 0.25) is 0 Å². The molecule has 4 aromatic rings. The van der Waals surface area contributed by atoms with Crippen LogP contribution in [0.25, 0.3) is 22.4 Å². The predicted molar refractivity (Wildman–Crippen MR) is 121 cm³/mol. The molecule has 0 atom stereocenters. The Hall–Kier alpha value is -3.20. The summed E-state index contributed by atoms with van der Waals surface area (Å²) in [6.45, 7) is 1.78. The van der Waals surface area contributed by atoms with Gasteiger partial charge in [-0.2, -0.15) is 9.67 Å². The number of carbonyl (C=O) groups is 1. The van der Waals surface area contributed by atoms with E-state index in [2.05, 4.69) is 25.8 Å². The summed E-state index contributed by atoms with van der Waals surface area (Å²) in [5.74, 6) is 0.809. The van der Waals surface area contributed by atoms with Crippen molar-refractivity contribution in [1.82, 2.24) is 19.2 Å². The lowest BCUT2D eigenvalue weighted by molar-refractivity contribution is -0.139. The van der Waals surface area contributed by atoms with Gasteiger partial charge in [0.25, 0.3) is 5.56 Å². The summed E-state index contributed by atoms with van der Waals surface area (Å²) >= 11 is 3.45. The number of rotatable bonds is 4. The highest BCUT2D eigenvalue weighted by molar-refractivity contribution is 9.10. The van der Waals surface area contributed by atoms with Crippen molar-refractivity contribution in [3.8, 4) is 5.69 Å². The Labute approximate surface area is 186 Å². The smallest absolute Gasteiger partial charge is 0.310 e. The molecule has 0 saturated carbocycles. The summed E-state index contributed by atoms with van der Waals surface area (Å²) in [4.78, 5) is 31.5. The van der Waals surface area contributed by atoms with Crippen molar-refractivity contribution in [1.29, 1.82) is 0 Å². The molecule has 1 saturated heterocycles. The van der Waals surface area contributed by atoms with E-state index in [-0.39, 0.29) is 17.9 Å². The van der Waals surface area contributed by atoms with Crippen molar-refractivity contribution in [3.63, 3.8) is 0 Å². The maximum absolute atomic E-state index is 12.9. The number of anilines is 1. The second-order valence-corrected chi connectivity index (χ2v) is 8.42. The van der Waals surface area contributed by atoms with Crippen LogP contribution in [0, 0.1) is 0 Å². The van der Waals surface area contributed by atoms with Gasteiger partial charge in [-0.3, -0.25) is 9.59 Å². The Morgan fingerprint density at radius 1 is 1.16 bits per heavy atom. The van der Waals surface area contributed by atoms with E-state index in [1.54, 1.807) is 10.7 Å². The summed E-state index contributed by atoms with van der Waals surface area (Å²) in [6, 6.07) is 13.1. The van der Waals surface area contributed by atoms with Gasteiger partial charge in [-0.15, -0.1) is 5.10 Å². The number of ether oxygens (including phenoxy) is 1. The van der Waals surface area contributed by atoms with Crippen LogP contribution in [0.15, 0.2) is 51.7 Å². The third kappa shape index (κ3) is 3.38. The molecule has 0 aliphatic carbocycles. The molecule has 0 N–H and O–H groups in total. The Balaban J connectivity index is 1.83. The number of benzene rings is 2. The standard InChI is InChI=1S/C22H20BrN5O3/c1-31-19(29)12-14-6-2-3-7-17(14)28-21-24-20(30)16-13-15(23)8-9-18(16)27(21)22(25-28)26-10-4-5-11-26/h2-3,6-9,13H,4-5,10-12H2,1H3. The first-order valence-electron chi connectivity index (χ1n) is 10.1. The largest absolute Gasteiger partial charge is 0.469 e. The zero-order valence-corrected chi connectivity index (χ0v) is 18.5. The van der Waals surface area contributed by atoms with Gasteiger partial charge in [0.2, 0.25) is 11.7 Å². The molecule has 0 spiro atoms. The Kier molecular flexibility index (Phi) is 4.97. The quantitative estimate of drug-likeness (QED) is 0.416. The highest BCUT2D eigenvalue weighted by Crippen LogP contribution is 2.27. The van der Waals surface area contributed by atoms with Crippen LogP contribution in [0.3, 0.4) is 0 Å². The second-order valence-electron chi connectivity index (χ2n) is 7.50. The summed E-state index contributed by atoms with van der Waals surface area (Å²) in [7, 11) is 1.37. The monoisotopic (exact) mass is 481 g/mol. The molecule has 3 heterocycles. The molecule has 0 radical (unpaired) electrons. The lowest BCUT2D eigenvalue weighted by Gasteiger charge is -2.15. The Morgan fingerprint density at radius 2 is 1.94 bits per heavy atom. The first-order chi connectivity index (χ1) is 15.1. The fraction of sp³-hybridized carbons (Fsp3) is 0.273. The molecule has 1 aliphatic heterocycles. The van der Waals surface area contributed by atoms with Gasteiger partial charge in [-0.05, 0) is 42.7 Å². The minimum Gasteiger partial charge on any atom is -0.469 e. The molecule has 158 valence electrons. The van der Waals surface area contributed by atoms with E-state index in [0.717, 1.165) is 47.4 Å². The van der Waals surface area contributed by atoms with Crippen molar-refractivity contribution < 1.29 is 9.53 Å². The van der Waals surface area contributed by atoms with E-state index < -0.39 is 0 Å². The highest BCUT2D eigenvalue weighted by atomic mass is 79.9. The molecular weight excluding hydrogens is 462 g/mol. The van der Waals surface area contributed by atoms with Gasteiger partial charge < -0.3 is 9.64 Å². The molecule has 0 bridgehead atoms. The number of nitrogens with zero attached hydrogens (tertiary/aromatic N) is 5. The van der Waals surface area contributed by atoms with E-state index in [0.29, 0.717) is 16.9 Å². The third-order valence-corrected chi connectivity index (χ3v) is 6.07. The maximum atomic E-state index is 12.9. The van der Waals surface area contributed by atoms with Crippen LogP contribution in [-0.4, -0.2) is 45.3 Å². The van der Waals surface area contributed by atoms with Crippen LogP contribution in [0.1, 0.15) is 18.4 Å². The molecule has 31 heavy (non-hydrogen) atoms. The van der Waals surface area contributed by atoms with Crippen molar-refractivity contribution in [2.75, 3.05) is 25.1 Å². The molecule has 5 rings (SSSR count). The van der Waals surface area contributed by atoms with Crippen molar-refractivity contribution in [3.05, 3.63) is 62.9 Å². The van der Waals surface area contributed by atoms with Gasteiger partial charge >= 0.3 is 5.97 Å². The van der Waals surface area contributed by atoms with Crippen molar-refractivity contribution >= 4 is 44.5 Å². The van der Waals surface area contributed by atoms with E-state index in [4.69, 9.17) is 9.84 Å². The van der Waals surface area contributed by atoms with Crippen LogP contribution >= 0.6 is 15.9 Å². The van der Waals surface area contributed by atoms with Gasteiger partial charge in [0.15, 0.2) is 0 Å². The fourth-order valence-electron chi connectivity index (χ4n) is 4.08. The van der Waals surface area contributed by atoms with Crippen LogP contribution in [0.5, 0.6) is 0 Å². The lowest BCUT2D eigenvalue weighted by Crippen LogP contribution is -2.21. The van der Waals surface area contributed by atoms with E-state index >= 15 is 0 Å². The number of methoxy groups -OCH3 is 1. The first kappa shape index (κ1) is 19.7. The van der Waals surface area contributed by atoms with Gasteiger partial charge in [-0.25, -0.2) is 4.40 Å². The van der Waals surface area contributed by atoms with Crippen LogP contribution in [-0.2, 0) is 16.0 Å². The van der Waals surface area contributed by atoms with Crippen LogP contribution < -0.4 is 10.5 Å². The molecule has 0 amide bonds. The fourth-order valence-corrected chi connectivity index (χ4v) is 4.44. The molecule has 1 fully saturated rings. The minimum atomic E-state index is -0.343. The number of halogens is 1. The summed E-state index contributed by atoms with van der Waals surface area (Å²) < 4.78 is 9.27. The zero-order chi connectivity index (χ0) is 21.5. The number of carbonyl (C=O) groups excluding carboxylic acids is 1. The summed E-state index contributed by atoms with van der Waals surface area (Å²) in [6.07, 6.45) is 2.28. The Bertz CT molecular complexity index is 1370. The molecule has 8 nitrogen and oxygen atoms in total. The number of para-hydroxylation sites is 1. The summed E-state index contributed by atoms with van der Waals surface area (Å²) in [5.41, 5.74) is 1.87. The van der Waals surface area contributed by atoms with Gasteiger partial charge in [-0.1, -0.05) is 34.1 Å². The second kappa shape index (κ2) is 7.81. The van der Waals surface area contributed by atoms with Crippen molar-refractivity contribution in [2.45, 2.75) is 19.3 Å². The van der Waals surface area contributed by atoms with E-state index in [9.17, 15) is 9.59 Å². The van der Waals surface area contributed by atoms with Gasteiger partial charge in [0.1, 0.15) is 0 Å². The summed E-state index contributed by atoms with van der Waals surface area (Å²) in [5, 5.41) is 5.41. The number of hydrogen-bond acceptors (Lipinski definition) is 6. The van der Waals surface area contributed by atoms with Crippen LogP contribution in [0.4, 0.5) is 5.95 Å². The molecule has 1 aliphatic rings. The molecule has 2 aromatic heterocycles. The lowest BCUT2D eigenvalue weighted by atomic mass is 10.1. The minimum absolute atomic E-state index is 0.0997. The van der Waals surface area contributed by atoms with E-state index in [1.165, 1.54) is 7.11 Å². The molecular formula is C22H20BrN5O3. The SMILES string of the molecule is COC(=O)Cc1ccccc1-n1nc(N2CCCC2)n2c3ccc(Br)cc3c(=O)nc12. The topological polar surface area (TPSA) is 81.7 Å². The predicted octanol–water partition coefficient (Wildman–Crippen LogP) is 3.11.